The summed E-state index contributed by atoms with van der Waals surface area (Å²) in [5, 5.41) is 0. The molecular weight excluding hydrogens is 212 g/mol. The lowest BCUT2D eigenvalue weighted by atomic mass is 9.46. The van der Waals surface area contributed by atoms with Gasteiger partial charge in [-0.3, -0.25) is 4.79 Å². The van der Waals surface area contributed by atoms with Gasteiger partial charge in [0, 0.05) is 11.8 Å². The molecule has 2 nitrogen and oxygen atoms in total. The highest BCUT2D eigenvalue weighted by Gasteiger charge is 2.80. The minimum atomic E-state index is -0.480. The SMILES string of the molecule is CC1(C)CCC[C@@]2(C)[C@H]1CC(=O)[C@@]1(C)O[C@@]21C. The van der Waals surface area contributed by atoms with Crippen molar-refractivity contribution < 1.29 is 9.53 Å². The van der Waals surface area contributed by atoms with Crippen LogP contribution in [0.1, 0.15) is 60.3 Å². The van der Waals surface area contributed by atoms with Crippen molar-refractivity contribution in [2.45, 2.75) is 71.5 Å². The van der Waals surface area contributed by atoms with Crippen LogP contribution in [0.25, 0.3) is 0 Å². The number of hydrogen-bond donors (Lipinski definition) is 0. The third kappa shape index (κ3) is 1.09. The second kappa shape index (κ2) is 2.79. The van der Waals surface area contributed by atoms with Crippen LogP contribution < -0.4 is 0 Å². The van der Waals surface area contributed by atoms with Crippen molar-refractivity contribution in [3.05, 3.63) is 0 Å². The molecule has 0 aromatic rings. The van der Waals surface area contributed by atoms with E-state index in [0.717, 1.165) is 6.42 Å². The molecule has 1 aliphatic heterocycles. The van der Waals surface area contributed by atoms with Gasteiger partial charge in [0.2, 0.25) is 0 Å². The number of carbonyl (C=O) groups excluding carboxylic acids is 1. The summed E-state index contributed by atoms with van der Waals surface area (Å²) < 4.78 is 5.98. The van der Waals surface area contributed by atoms with E-state index in [9.17, 15) is 4.79 Å². The first-order valence-corrected chi connectivity index (χ1v) is 6.91. The second-order valence-corrected chi connectivity index (χ2v) is 7.61. The van der Waals surface area contributed by atoms with Gasteiger partial charge in [-0.15, -0.1) is 0 Å². The van der Waals surface area contributed by atoms with E-state index < -0.39 is 5.60 Å². The summed E-state index contributed by atoms with van der Waals surface area (Å²) in [4.78, 5) is 12.3. The molecule has 2 aliphatic carbocycles. The topological polar surface area (TPSA) is 29.6 Å². The van der Waals surface area contributed by atoms with Gasteiger partial charge in [0.1, 0.15) is 5.60 Å². The Morgan fingerprint density at radius 1 is 1.12 bits per heavy atom. The van der Waals surface area contributed by atoms with Gasteiger partial charge in [-0.05, 0) is 38.0 Å². The molecule has 0 spiro atoms. The molecule has 2 saturated carbocycles. The number of ether oxygens (including phenoxy) is 1. The van der Waals surface area contributed by atoms with Crippen LogP contribution in [-0.2, 0) is 9.53 Å². The van der Waals surface area contributed by atoms with E-state index in [4.69, 9.17) is 4.74 Å². The van der Waals surface area contributed by atoms with Crippen molar-refractivity contribution in [2.24, 2.45) is 16.7 Å². The third-order valence-corrected chi connectivity index (χ3v) is 6.52. The molecule has 17 heavy (non-hydrogen) atoms. The molecule has 0 amide bonds. The highest BCUT2D eigenvalue weighted by Crippen LogP contribution is 2.71. The van der Waals surface area contributed by atoms with Gasteiger partial charge >= 0.3 is 0 Å². The number of Topliss-reactive ketones (excluding diaryl/α,β-unsaturated/α-hetero) is 1. The number of carbonyl (C=O) groups is 1. The maximum absolute atomic E-state index is 12.3. The highest BCUT2D eigenvalue weighted by molar-refractivity contribution is 5.93. The van der Waals surface area contributed by atoms with Crippen LogP contribution in [0.3, 0.4) is 0 Å². The Bertz CT molecular complexity index is 400. The molecule has 96 valence electrons. The minimum absolute atomic E-state index is 0.178. The summed E-state index contributed by atoms with van der Waals surface area (Å²) in [6, 6.07) is 0. The second-order valence-electron chi connectivity index (χ2n) is 7.61. The summed E-state index contributed by atoms with van der Waals surface area (Å²) in [6.45, 7) is 11.2. The standard InChI is InChI=1S/C15H24O2/c1-12(2)7-6-8-13(3)10(12)9-11(16)14(4)15(13,5)17-14/h10H,6-9H2,1-5H3/t10-,13-,14+,15-/m0/s1. The van der Waals surface area contributed by atoms with Gasteiger partial charge in [-0.2, -0.15) is 0 Å². The first-order valence-electron chi connectivity index (χ1n) is 6.91. The van der Waals surface area contributed by atoms with Gasteiger partial charge in [-0.1, -0.05) is 27.2 Å². The zero-order valence-corrected chi connectivity index (χ0v) is 11.7. The van der Waals surface area contributed by atoms with Crippen LogP contribution in [0.4, 0.5) is 0 Å². The zero-order chi connectivity index (χ0) is 12.7. The fourth-order valence-electron chi connectivity index (χ4n) is 4.94. The minimum Gasteiger partial charge on any atom is -0.354 e. The number of fused-ring (bicyclic) bond motifs is 3. The van der Waals surface area contributed by atoms with Crippen LogP contribution in [-0.4, -0.2) is 17.0 Å². The van der Waals surface area contributed by atoms with Crippen LogP contribution >= 0.6 is 0 Å². The normalized spacial score (nSPS) is 56.1. The smallest absolute Gasteiger partial charge is 0.167 e. The van der Waals surface area contributed by atoms with E-state index >= 15 is 0 Å². The molecule has 1 saturated heterocycles. The Kier molecular flexibility index (Phi) is 1.92. The Labute approximate surface area is 104 Å². The van der Waals surface area contributed by atoms with Gasteiger partial charge in [0.05, 0.1) is 0 Å². The maximum atomic E-state index is 12.3. The molecule has 1 heterocycles. The lowest BCUT2D eigenvalue weighted by molar-refractivity contribution is -0.134. The van der Waals surface area contributed by atoms with Crippen molar-refractivity contribution in [3.8, 4) is 0 Å². The molecule has 4 atom stereocenters. The Morgan fingerprint density at radius 2 is 1.76 bits per heavy atom. The first kappa shape index (κ1) is 11.7. The van der Waals surface area contributed by atoms with Crippen molar-refractivity contribution in [1.82, 2.24) is 0 Å². The fourth-order valence-corrected chi connectivity index (χ4v) is 4.94. The van der Waals surface area contributed by atoms with E-state index in [-0.39, 0.29) is 16.4 Å². The number of rotatable bonds is 0. The van der Waals surface area contributed by atoms with E-state index in [0.29, 0.717) is 11.7 Å². The molecule has 3 aliphatic rings. The summed E-state index contributed by atoms with van der Waals surface area (Å²) in [6.07, 6.45) is 4.44. The molecule has 2 heteroatoms. The molecule has 0 N–H and O–H groups in total. The summed E-state index contributed by atoms with van der Waals surface area (Å²) >= 11 is 0. The molecule has 3 rings (SSSR count). The largest absolute Gasteiger partial charge is 0.354 e. The lowest BCUT2D eigenvalue weighted by Gasteiger charge is -2.55. The van der Waals surface area contributed by atoms with Crippen molar-refractivity contribution >= 4 is 5.78 Å². The average molecular weight is 236 g/mol. The molecule has 0 aromatic heterocycles. The number of ketones is 1. The Hall–Kier alpha value is -0.370. The summed E-state index contributed by atoms with van der Waals surface area (Å²) in [5.41, 5.74) is -0.236. The molecule has 0 radical (unpaired) electrons. The van der Waals surface area contributed by atoms with Crippen molar-refractivity contribution in [2.75, 3.05) is 0 Å². The lowest BCUT2D eigenvalue weighted by Crippen LogP contribution is -2.57. The maximum Gasteiger partial charge on any atom is 0.167 e. The van der Waals surface area contributed by atoms with Gasteiger partial charge in [0.15, 0.2) is 11.4 Å². The van der Waals surface area contributed by atoms with Crippen molar-refractivity contribution in [1.29, 1.82) is 0 Å². The molecule has 3 fully saturated rings. The van der Waals surface area contributed by atoms with E-state index in [2.05, 4.69) is 27.7 Å². The van der Waals surface area contributed by atoms with Gasteiger partial charge in [0.25, 0.3) is 0 Å². The fraction of sp³-hybridized carbons (Fsp3) is 0.933. The van der Waals surface area contributed by atoms with Crippen LogP contribution in [0.5, 0.6) is 0 Å². The quantitative estimate of drug-likeness (QED) is 0.604. The van der Waals surface area contributed by atoms with E-state index in [1.54, 1.807) is 0 Å². The molecule has 0 bridgehead atoms. The van der Waals surface area contributed by atoms with Crippen molar-refractivity contribution in [3.63, 3.8) is 0 Å². The molecule has 0 aromatic carbocycles. The predicted octanol–water partition coefficient (Wildman–Crippen LogP) is 3.34. The van der Waals surface area contributed by atoms with Gasteiger partial charge in [-0.25, -0.2) is 0 Å². The van der Waals surface area contributed by atoms with Crippen LogP contribution in [0.15, 0.2) is 0 Å². The van der Waals surface area contributed by atoms with E-state index in [1.165, 1.54) is 19.3 Å². The van der Waals surface area contributed by atoms with E-state index in [1.807, 2.05) is 6.92 Å². The molecule has 0 unspecified atom stereocenters. The number of epoxide rings is 1. The average Bonchev–Trinajstić information content (AvgIpc) is 2.78. The first-order chi connectivity index (χ1) is 7.67. The Balaban J connectivity index is 2.08. The zero-order valence-electron chi connectivity index (χ0n) is 11.7. The molecular formula is C15H24O2. The summed E-state index contributed by atoms with van der Waals surface area (Å²) in [7, 11) is 0. The van der Waals surface area contributed by atoms with Crippen LogP contribution in [0.2, 0.25) is 0 Å². The highest BCUT2D eigenvalue weighted by atomic mass is 16.6. The Morgan fingerprint density at radius 3 is 2.41 bits per heavy atom. The van der Waals surface area contributed by atoms with Gasteiger partial charge < -0.3 is 4.74 Å². The van der Waals surface area contributed by atoms with Crippen LogP contribution in [0, 0.1) is 16.7 Å². The number of hydrogen-bond acceptors (Lipinski definition) is 2. The summed E-state index contributed by atoms with van der Waals surface area (Å²) in [5.74, 6) is 0.814. The third-order valence-electron chi connectivity index (χ3n) is 6.52. The monoisotopic (exact) mass is 236 g/mol. The predicted molar refractivity (Wildman–Crippen MR) is 66.7 cm³/mol.